The molecule has 0 aliphatic carbocycles. The maximum Gasteiger partial charge on any atom is 2.00 e. The molecule has 0 aromatic rings. The third-order valence-corrected chi connectivity index (χ3v) is 6.77. The van der Waals surface area contributed by atoms with E-state index in [4.69, 9.17) is 0 Å². The van der Waals surface area contributed by atoms with Crippen LogP contribution in [0.1, 0.15) is 52.4 Å². The van der Waals surface area contributed by atoms with Gasteiger partial charge in [0.1, 0.15) is 0 Å². The standard InChI is InChI=1S/2C8H20Si.2CH3.Ni/c2*1-5-6-7-8-9(2,3)4;;;/h2*5-8H2,1-4H3;2*1H3;/q;;2*-1;+2. The van der Waals surface area contributed by atoms with Gasteiger partial charge in [0.05, 0.1) is 0 Å². The number of unbranched alkanes of at least 4 members (excludes halogenated alkanes) is 4. The van der Waals surface area contributed by atoms with E-state index in [0.29, 0.717) is 0 Å². The van der Waals surface area contributed by atoms with Crippen LogP contribution in [0.2, 0.25) is 51.4 Å². The van der Waals surface area contributed by atoms with Crippen LogP contribution in [-0.2, 0) is 16.5 Å². The molecule has 0 heterocycles. The Kier molecular flexibility index (Phi) is 30.3. The Morgan fingerprint density at radius 3 is 0.905 bits per heavy atom. The van der Waals surface area contributed by atoms with Crippen molar-refractivity contribution in [3.63, 3.8) is 0 Å². The van der Waals surface area contributed by atoms with E-state index < -0.39 is 16.1 Å². The maximum absolute atomic E-state index is 2.45. The molecule has 0 rings (SSSR count). The normalized spacial score (nSPS) is 10.3. The van der Waals surface area contributed by atoms with Crippen molar-refractivity contribution in [2.24, 2.45) is 0 Å². The summed E-state index contributed by atoms with van der Waals surface area (Å²) in [6.07, 6.45) is 8.53. The Bertz CT molecular complexity index is 149. The van der Waals surface area contributed by atoms with Crippen LogP contribution in [0.3, 0.4) is 0 Å². The van der Waals surface area contributed by atoms with Crippen molar-refractivity contribution in [3.8, 4) is 0 Å². The quantitative estimate of drug-likeness (QED) is 0.229. The smallest absolute Gasteiger partial charge is 0.358 e. The molecule has 0 atom stereocenters. The van der Waals surface area contributed by atoms with Gasteiger partial charge in [-0.05, 0) is 0 Å². The molecule has 0 saturated carbocycles. The molecule has 0 nitrogen and oxygen atoms in total. The van der Waals surface area contributed by atoms with Crippen LogP contribution in [0.5, 0.6) is 0 Å². The van der Waals surface area contributed by atoms with E-state index >= 15 is 0 Å². The van der Waals surface area contributed by atoms with Crippen LogP contribution < -0.4 is 0 Å². The van der Waals surface area contributed by atoms with Gasteiger partial charge in [-0.1, -0.05) is 104 Å². The van der Waals surface area contributed by atoms with Gasteiger partial charge in [-0.15, -0.1) is 0 Å². The Morgan fingerprint density at radius 2 is 0.762 bits per heavy atom. The first-order valence-electron chi connectivity index (χ1n) is 8.12. The molecule has 3 heteroatoms. The molecule has 136 valence electrons. The van der Waals surface area contributed by atoms with Crippen molar-refractivity contribution in [2.45, 2.75) is 104 Å². The first-order valence-corrected chi connectivity index (χ1v) is 15.5. The molecule has 0 aromatic carbocycles. The Morgan fingerprint density at radius 1 is 0.524 bits per heavy atom. The summed E-state index contributed by atoms with van der Waals surface area (Å²) in [6.45, 7) is 19.2. The van der Waals surface area contributed by atoms with Crippen molar-refractivity contribution in [1.82, 2.24) is 0 Å². The van der Waals surface area contributed by atoms with Gasteiger partial charge >= 0.3 is 16.5 Å². The summed E-state index contributed by atoms with van der Waals surface area (Å²) in [4.78, 5) is 0. The van der Waals surface area contributed by atoms with E-state index in [9.17, 15) is 0 Å². The first-order chi connectivity index (χ1) is 8.12. The van der Waals surface area contributed by atoms with Gasteiger partial charge in [0.2, 0.25) is 0 Å². The molecule has 0 fully saturated rings. The van der Waals surface area contributed by atoms with Gasteiger partial charge in [-0.3, -0.25) is 0 Å². The van der Waals surface area contributed by atoms with Gasteiger partial charge < -0.3 is 14.9 Å². The molecule has 0 amide bonds. The maximum atomic E-state index is 2.45. The molecule has 0 spiro atoms. The zero-order valence-corrected chi connectivity index (χ0v) is 20.0. The second-order valence-corrected chi connectivity index (χ2v) is 19.3. The third-order valence-electron chi connectivity index (χ3n) is 3.06. The summed E-state index contributed by atoms with van der Waals surface area (Å²) in [6, 6.07) is 3.03. The van der Waals surface area contributed by atoms with Crippen LogP contribution in [-0.4, -0.2) is 16.1 Å². The zero-order valence-electron chi connectivity index (χ0n) is 17.0. The van der Waals surface area contributed by atoms with Gasteiger partial charge in [0.25, 0.3) is 0 Å². The number of hydrogen-bond acceptors (Lipinski definition) is 0. The van der Waals surface area contributed by atoms with Crippen LogP contribution in [0.25, 0.3) is 0 Å². The van der Waals surface area contributed by atoms with Gasteiger partial charge in [0, 0.05) is 16.1 Å². The molecular weight excluding hydrogens is 331 g/mol. The minimum Gasteiger partial charge on any atom is -0.358 e. The summed E-state index contributed by atoms with van der Waals surface area (Å²) in [7, 11) is -1.39. The van der Waals surface area contributed by atoms with Crippen LogP contribution >= 0.6 is 0 Å². The minimum atomic E-state index is -0.694. The summed E-state index contributed by atoms with van der Waals surface area (Å²) in [5, 5.41) is 0. The first kappa shape index (κ1) is 33.5. The fourth-order valence-electron chi connectivity index (χ4n) is 1.81. The van der Waals surface area contributed by atoms with Gasteiger partial charge in [-0.25, -0.2) is 0 Å². The Hall–Kier alpha value is 0.927. The second-order valence-electron chi connectivity index (χ2n) is 8.04. The number of hydrogen-bond donors (Lipinski definition) is 0. The van der Waals surface area contributed by atoms with Crippen molar-refractivity contribution in [2.75, 3.05) is 0 Å². The molecule has 0 N–H and O–H groups in total. The van der Waals surface area contributed by atoms with E-state index in [0.717, 1.165) is 0 Å². The molecular formula is C18H46NiSi2. The summed E-state index contributed by atoms with van der Waals surface area (Å²) >= 11 is 0. The Balaban J connectivity index is -0.0000000711. The minimum absolute atomic E-state index is 0. The van der Waals surface area contributed by atoms with Gasteiger partial charge in [0.15, 0.2) is 0 Å². The van der Waals surface area contributed by atoms with Crippen LogP contribution in [0, 0.1) is 14.9 Å². The average Bonchev–Trinajstić information content (AvgIpc) is 2.16. The zero-order chi connectivity index (χ0) is 14.7. The molecule has 0 aliphatic rings. The van der Waals surface area contributed by atoms with E-state index in [2.05, 4.69) is 53.1 Å². The molecule has 0 bridgehead atoms. The topological polar surface area (TPSA) is 0 Å². The van der Waals surface area contributed by atoms with Crippen molar-refractivity contribution >= 4 is 16.1 Å². The van der Waals surface area contributed by atoms with E-state index in [1.807, 2.05) is 0 Å². The predicted molar refractivity (Wildman–Crippen MR) is 108 cm³/mol. The third kappa shape index (κ3) is 44.9. The largest absolute Gasteiger partial charge is 2.00 e. The summed E-state index contributed by atoms with van der Waals surface area (Å²) < 4.78 is 0. The fraction of sp³-hybridized carbons (Fsp3) is 0.889. The van der Waals surface area contributed by atoms with E-state index in [1.54, 1.807) is 0 Å². The SMILES string of the molecule is CCCCC[Si](C)(C)C.CCCCC[Si](C)(C)C.[CH3-].[CH3-].[Ni+2]. The molecule has 0 unspecified atom stereocenters. The van der Waals surface area contributed by atoms with Crippen LogP contribution in [0.15, 0.2) is 0 Å². The Labute approximate surface area is 151 Å². The van der Waals surface area contributed by atoms with Crippen molar-refractivity contribution in [1.29, 1.82) is 0 Å². The second kappa shape index (κ2) is 19.0. The molecule has 0 aliphatic heterocycles. The molecule has 0 radical (unpaired) electrons. The fourth-order valence-corrected chi connectivity index (χ4v) is 4.43. The summed E-state index contributed by atoms with van der Waals surface area (Å²) in [5.74, 6) is 0. The summed E-state index contributed by atoms with van der Waals surface area (Å²) in [5.41, 5.74) is 0. The monoisotopic (exact) mass is 376 g/mol. The molecule has 21 heavy (non-hydrogen) atoms. The molecule has 0 aromatic heterocycles. The van der Waals surface area contributed by atoms with E-state index in [1.165, 1.54) is 50.6 Å². The number of rotatable bonds is 8. The van der Waals surface area contributed by atoms with E-state index in [-0.39, 0.29) is 31.3 Å². The van der Waals surface area contributed by atoms with Crippen LogP contribution in [0.4, 0.5) is 0 Å². The van der Waals surface area contributed by atoms with Crippen molar-refractivity contribution < 1.29 is 16.5 Å². The molecule has 0 saturated heterocycles. The predicted octanol–water partition coefficient (Wildman–Crippen LogP) is 7.93. The average molecular weight is 377 g/mol. The van der Waals surface area contributed by atoms with Gasteiger partial charge in [-0.2, -0.15) is 0 Å². The van der Waals surface area contributed by atoms with Crippen molar-refractivity contribution in [3.05, 3.63) is 14.9 Å².